The fourth-order valence-corrected chi connectivity index (χ4v) is 3.36. The highest BCUT2D eigenvalue weighted by Crippen LogP contribution is 2.26. The van der Waals surface area contributed by atoms with E-state index in [1.54, 1.807) is 0 Å². The number of unbranched alkanes of at least 4 members (excludes halogenated alkanes) is 1. The van der Waals surface area contributed by atoms with Crippen LogP contribution in [0.15, 0.2) is 72.8 Å². The van der Waals surface area contributed by atoms with Crippen LogP contribution in [0, 0.1) is 0 Å². The molecular weight excluding hydrogens is 334 g/mol. The maximum Gasteiger partial charge on any atom is 0.309 e. The van der Waals surface area contributed by atoms with Crippen molar-refractivity contribution >= 4 is 5.97 Å². The molecule has 0 saturated heterocycles. The molecule has 0 radical (unpaired) electrons. The maximum absolute atomic E-state index is 11.2. The fraction of sp³-hybridized carbons (Fsp3) is 0.250. The van der Waals surface area contributed by atoms with Gasteiger partial charge >= 0.3 is 5.97 Å². The van der Waals surface area contributed by atoms with E-state index in [0.29, 0.717) is 6.54 Å². The number of aliphatic carboxylic acids is 1. The lowest BCUT2D eigenvalue weighted by atomic mass is 9.99. The summed E-state index contributed by atoms with van der Waals surface area (Å²) in [5.74, 6) is -0.768. The summed E-state index contributed by atoms with van der Waals surface area (Å²) in [5.41, 5.74) is 5.73. The van der Waals surface area contributed by atoms with E-state index in [2.05, 4.69) is 60.0 Å². The molecule has 3 heteroatoms. The Balaban J connectivity index is 2.17. The molecule has 1 aromatic heterocycles. The van der Waals surface area contributed by atoms with Crippen molar-refractivity contribution in [2.24, 2.45) is 0 Å². The zero-order chi connectivity index (χ0) is 19.1. The minimum atomic E-state index is -0.768. The molecule has 3 aromatic rings. The molecule has 2 aromatic carbocycles. The van der Waals surface area contributed by atoms with Crippen LogP contribution in [-0.4, -0.2) is 11.1 Å². The Morgan fingerprint density at radius 2 is 1.52 bits per heavy atom. The van der Waals surface area contributed by atoms with Gasteiger partial charge in [0, 0.05) is 24.1 Å². The topological polar surface area (TPSA) is 41.2 Å². The lowest BCUT2D eigenvalue weighted by molar-refractivity contribution is -0.692. The van der Waals surface area contributed by atoms with Crippen molar-refractivity contribution in [2.45, 2.75) is 39.2 Å². The maximum atomic E-state index is 11.2. The van der Waals surface area contributed by atoms with Gasteiger partial charge in [-0.3, -0.25) is 4.79 Å². The Morgan fingerprint density at radius 3 is 2.11 bits per heavy atom. The first-order chi connectivity index (χ1) is 13.2. The summed E-state index contributed by atoms with van der Waals surface area (Å²) in [5, 5.41) is 9.22. The molecule has 0 bridgehead atoms. The summed E-state index contributed by atoms with van der Waals surface area (Å²) in [6.45, 7) is 2.66. The highest BCUT2D eigenvalue weighted by molar-refractivity contribution is 5.69. The van der Waals surface area contributed by atoms with E-state index in [0.717, 1.165) is 30.5 Å². The molecule has 27 heavy (non-hydrogen) atoms. The molecule has 0 aliphatic rings. The van der Waals surface area contributed by atoms with Gasteiger partial charge in [-0.15, -0.1) is 0 Å². The normalized spacial score (nSPS) is 10.7. The average Bonchev–Trinajstić information content (AvgIpc) is 2.71. The second-order valence-corrected chi connectivity index (χ2v) is 6.75. The monoisotopic (exact) mass is 360 g/mol. The number of aromatic nitrogens is 1. The molecule has 0 atom stereocenters. The third-order valence-corrected chi connectivity index (χ3v) is 4.76. The number of benzene rings is 2. The summed E-state index contributed by atoms with van der Waals surface area (Å²) in [4.78, 5) is 11.2. The van der Waals surface area contributed by atoms with Gasteiger partial charge in [-0.25, -0.2) is 0 Å². The summed E-state index contributed by atoms with van der Waals surface area (Å²) in [6.07, 6.45) is 3.25. The second kappa shape index (κ2) is 9.13. The standard InChI is InChI=1S/C24H25NO2/c1-2-3-14-22-17-21(19-10-6-4-7-11-19)18-23(20-12-8-5-9-13-20)25(22)16-15-24(26)27/h4-13,17-18H,2-3,14-16H2,1H3/p+1. The predicted octanol–water partition coefficient (Wildman–Crippen LogP) is 5.13. The van der Waals surface area contributed by atoms with E-state index in [9.17, 15) is 9.90 Å². The molecule has 3 rings (SSSR count). The molecule has 0 fully saturated rings. The number of hydrogen-bond acceptors (Lipinski definition) is 1. The predicted molar refractivity (Wildman–Crippen MR) is 108 cm³/mol. The van der Waals surface area contributed by atoms with Crippen LogP contribution in [0.4, 0.5) is 0 Å². The summed E-state index contributed by atoms with van der Waals surface area (Å²) >= 11 is 0. The largest absolute Gasteiger partial charge is 0.481 e. The summed E-state index contributed by atoms with van der Waals surface area (Å²) < 4.78 is 2.19. The second-order valence-electron chi connectivity index (χ2n) is 6.75. The SMILES string of the molecule is CCCCc1cc(-c2ccccc2)cc(-c2ccccc2)[n+]1CCC(=O)O. The highest BCUT2D eigenvalue weighted by atomic mass is 16.4. The van der Waals surface area contributed by atoms with Gasteiger partial charge in [0.15, 0.2) is 12.2 Å². The van der Waals surface area contributed by atoms with E-state index in [-0.39, 0.29) is 6.42 Å². The van der Waals surface area contributed by atoms with Gasteiger partial charge in [0.1, 0.15) is 6.42 Å². The number of carboxylic acid groups (broad SMARTS) is 1. The molecule has 0 spiro atoms. The number of carboxylic acids is 1. The molecular formula is C24H26NO2+. The van der Waals surface area contributed by atoms with Crippen LogP contribution >= 0.6 is 0 Å². The quantitative estimate of drug-likeness (QED) is 0.566. The van der Waals surface area contributed by atoms with Crippen LogP contribution in [0.5, 0.6) is 0 Å². The molecule has 0 amide bonds. The zero-order valence-electron chi connectivity index (χ0n) is 15.8. The number of rotatable bonds is 8. The Kier molecular flexibility index (Phi) is 6.37. The molecule has 1 N–H and O–H groups in total. The van der Waals surface area contributed by atoms with Gasteiger partial charge < -0.3 is 5.11 Å². The van der Waals surface area contributed by atoms with Gasteiger partial charge in [-0.2, -0.15) is 4.57 Å². The number of hydrogen-bond donors (Lipinski definition) is 1. The lowest BCUT2D eigenvalue weighted by Gasteiger charge is -2.12. The molecule has 0 unspecified atom stereocenters. The molecule has 3 nitrogen and oxygen atoms in total. The number of aryl methyl sites for hydroxylation is 1. The van der Waals surface area contributed by atoms with Gasteiger partial charge in [-0.1, -0.05) is 61.9 Å². The van der Waals surface area contributed by atoms with E-state index < -0.39 is 5.97 Å². The van der Waals surface area contributed by atoms with E-state index in [1.807, 2.05) is 24.3 Å². The van der Waals surface area contributed by atoms with E-state index in [4.69, 9.17) is 0 Å². The summed E-state index contributed by atoms with van der Waals surface area (Å²) in [7, 11) is 0. The summed E-state index contributed by atoms with van der Waals surface area (Å²) in [6, 6.07) is 25.0. The fourth-order valence-electron chi connectivity index (χ4n) is 3.36. The van der Waals surface area contributed by atoms with Crippen LogP contribution in [0.3, 0.4) is 0 Å². The smallest absolute Gasteiger partial charge is 0.309 e. The van der Waals surface area contributed by atoms with Crippen LogP contribution in [-0.2, 0) is 17.8 Å². The van der Waals surface area contributed by atoms with Crippen molar-refractivity contribution in [3.63, 3.8) is 0 Å². The Labute approximate surface area is 160 Å². The first-order valence-corrected chi connectivity index (χ1v) is 9.58. The highest BCUT2D eigenvalue weighted by Gasteiger charge is 2.21. The number of pyridine rings is 1. The Morgan fingerprint density at radius 1 is 0.889 bits per heavy atom. The minimum absolute atomic E-state index is 0.119. The van der Waals surface area contributed by atoms with Crippen molar-refractivity contribution in [3.8, 4) is 22.4 Å². The van der Waals surface area contributed by atoms with Crippen LogP contribution in [0.2, 0.25) is 0 Å². The zero-order valence-corrected chi connectivity index (χ0v) is 15.8. The van der Waals surface area contributed by atoms with Crippen LogP contribution in [0.25, 0.3) is 22.4 Å². The van der Waals surface area contributed by atoms with E-state index >= 15 is 0 Å². The first kappa shape index (κ1) is 18.8. The Bertz CT molecular complexity index is 889. The molecule has 0 aliphatic carbocycles. The number of nitrogens with zero attached hydrogens (tertiary/aromatic N) is 1. The molecule has 0 aliphatic heterocycles. The van der Waals surface area contributed by atoms with Crippen molar-refractivity contribution in [1.29, 1.82) is 0 Å². The molecule has 138 valence electrons. The van der Waals surface area contributed by atoms with Crippen molar-refractivity contribution in [3.05, 3.63) is 78.5 Å². The third kappa shape index (κ3) is 4.82. The van der Waals surface area contributed by atoms with Crippen molar-refractivity contribution in [2.75, 3.05) is 0 Å². The first-order valence-electron chi connectivity index (χ1n) is 9.58. The van der Waals surface area contributed by atoms with Gasteiger partial charge in [0.2, 0.25) is 5.69 Å². The third-order valence-electron chi connectivity index (χ3n) is 4.76. The molecule has 0 saturated carbocycles. The van der Waals surface area contributed by atoms with Crippen molar-refractivity contribution in [1.82, 2.24) is 0 Å². The minimum Gasteiger partial charge on any atom is -0.481 e. The van der Waals surface area contributed by atoms with Gasteiger partial charge in [0.25, 0.3) is 0 Å². The van der Waals surface area contributed by atoms with Gasteiger partial charge in [0.05, 0.1) is 0 Å². The lowest BCUT2D eigenvalue weighted by Crippen LogP contribution is -2.42. The Hall–Kier alpha value is -2.94. The molecule has 1 heterocycles. The van der Waals surface area contributed by atoms with Crippen LogP contribution < -0.4 is 4.57 Å². The van der Waals surface area contributed by atoms with Crippen LogP contribution in [0.1, 0.15) is 31.9 Å². The number of carbonyl (C=O) groups is 1. The van der Waals surface area contributed by atoms with E-state index in [1.165, 1.54) is 16.8 Å². The van der Waals surface area contributed by atoms with Crippen molar-refractivity contribution < 1.29 is 14.5 Å². The average molecular weight is 360 g/mol. The van der Waals surface area contributed by atoms with Gasteiger partial charge in [-0.05, 0) is 29.7 Å².